The number of hydrogen-bond acceptors (Lipinski definition) is 6. The van der Waals surface area contributed by atoms with E-state index in [2.05, 4.69) is 4.99 Å². The topological polar surface area (TPSA) is 165 Å². The first-order valence-electron chi connectivity index (χ1n) is 8.48. The van der Waals surface area contributed by atoms with Crippen LogP contribution in [0.15, 0.2) is 53.5 Å². The van der Waals surface area contributed by atoms with Gasteiger partial charge in [0.15, 0.2) is 5.96 Å². The van der Waals surface area contributed by atoms with Crippen LogP contribution in [0.4, 0.5) is 5.69 Å². The molecule has 30 heavy (non-hydrogen) atoms. The highest BCUT2D eigenvalue weighted by molar-refractivity contribution is 7.85. The van der Waals surface area contributed by atoms with Gasteiger partial charge in [-0.3, -0.25) is 9.35 Å². The van der Waals surface area contributed by atoms with Crippen LogP contribution >= 0.6 is 0 Å². The summed E-state index contributed by atoms with van der Waals surface area (Å²) in [5, 5.41) is 0. The maximum Gasteiger partial charge on any atom is 0.343 e. The third kappa shape index (κ3) is 10.2. The summed E-state index contributed by atoms with van der Waals surface area (Å²) >= 11 is 0. The van der Waals surface area contributed by atoms with Crippen molar-refractivity contribution in [1.29, 1.82) is 0 Å². The Morgan fingerprint density at radius 2 is 1.53 bits per heavy atom. The maximum absolute atomic E-state index is 12.1. The van der Waals surface area contributed by atoms with Gasteiger partial charge < -0.3 is 21.1 Å². The van der Waals surface area contributed by atoms with E-state index < -0.39 is 16.1 Å². The predicted molar refractivity (Wildman–Crippen MR) is 113 cm³/mol. The molecule has 0 fully saturated rings. The van der Waals surface area contributed by atoms with Crippen LogP contribution in [-0.2, 0) is 21.3 Å². The number of carbonyl (C=O) groups excluding carboxylic acids is 2. The average molecular weight is 436 g/mol. The number of ether oxygens (including phenoxy) is 1. The molecule has 0 unspecified atom stereocenters. The van der Waals surface area contributed by atoms with Gasteiger partial charge >= 0.3 is 5.97 Å². The molecule has 0 bridgehead atoms. The summed E-state index contributed by atoms with van der Waals surface area (Å²) in [5.41, 5.74) is 12.4. The fraction of sp³-hybridized carbons (Fsp3) is 0.211. The molecule has 2 aromatic rings. The molecule has 0 aliphatic rings. The Bertz CT molecular complexity index is 988. The lowest BCUT2D eigenvalue weighted by Crippen LogP contribution is -2.23. The molecule has 1 amide bonds. The van der Waals surface area contributed by atoms with Crippen molar-refractivity contribution in [2.24, 2.45) is 16.5 Å². The number of carbonyl (C=O) groups is 2. The van der Waals surface area contributed by atoms with Crippen molar-refractivity contribution in [3.05, 3.63) is 59.7 Å². The number of hydrogen-bond donors (Lipinski definition) is 3. The number of amides is 1. The van der Waals surface area contributed by atoms with Gasteiger partial charge in [-0.15, -0.1) is 0 Å². The zero-order valence-corrected chi connectivity index (χ0v) is 17.6. The van der Waals surface area contributed by atoms with Gasteiger partial charge in [-0.2, -0.15) is 8.42 Å². The molecule has 0 spiro atoms. The summed E-state index contributed by atoms with van der Waals surface area (Å²) in [6, 6.07) is 13.2. The highest BCUT2D eigenvalue weighted by atomic mass is 32.2. The number of benzene rings is 2. The molecule has 0 saturated heterocycles. The molecule has 0 aliphatic heterocycles. The summed E-state index contributed by atoms with van der Waals surface area (Å²) in [4.78, 5) is 29.2. The number of esters is 1. The fourth-order valence-corrected chi connectivity index (χ4v) is 2.00. The Morgan fingerprint density at radius 3 is 1.97 bits per heavy atom. The van der Waals surface area contributed by atoms with Crippen LogP contribution in [-0.4, -0.2) is 56.1 Å². The van der Waals surface area contributed by atoms with Gasteiger partial charge in [0.1, 0.15) is 5.75 Å². The summed E-state index contributed by atoms with van der Waals surface area (Å²) in [6.07, 6.45) is 1.01. The largest absolute Gasteiger partial charge is 0.423 e. The van der Waals surface area contributed by atoms with Gasteiger partial charge in [0.2, 0.25) is 5.91 Å². The second-order valence-corrected chi connectivity index (χ2v) is 7.78. The molecule has 0 heterocycles. The van der Waals surface area contributed by atoms with E-state index in [0.29, 0.717) is 29.7 Å². The lowest BCUT2D eigenvalue weighted by atomic mass is 10.1. The van der Waals surface area contributed by atoms with Crippen LogP contribution in [0, 0.1) is 0 Å². The highest BCUT2D eigenvalue weighted by Gasteiger charge is 2.10. The van der Waals surface area contributed by atoms with Gasteiger partial charge in [-0.05, 0) is 42.0 Å². The molecule has 5 N–H and O–H groups in total. The van der Waals surface area contributed by atoms with Gasteiger partial charge in [0.25, 0.3) is 10.1 Å². The zero-order chi connectivity index (χ0) is 22.9. The van der Waals surface area contributed by atoms with Crippen LogP contribution < -0.4 is 16.2 Å². The van der Waals surface area contributed by atoms with E-state index in [1.165, 1.54) is 4.90 Å². The van der Waals surface area contributed by atoms with Crippen LogP contribution in [0.5, 0.6) is 5.75 Å². The molecular formula is C19H24N4O6S. The highest BCUT2D eigenvalue weighted by Crippen LogP contribution is 2.17. The number of aliphatic imine (C=N–C) groups is 1. The van der Waals surface area contributed by atoms with E-state index >= 15 is 0 Å². The minimum atomic E-state index is -3.67. The van der Waals surface area contributed by atoms with Crippen LogP contribution in [0.25, 0.3) is 0 Å². The molecule has 0 saturated carbocycles. The minimum absolute atomic E-state index is 0.00519. The lowest BCUT2D eigenvalue weighted by Gasteiger charge is -2.10. The van der Waals surface area contributed by atoms with E-state index in [9.17, 15) is 18.0 Å². The van der Waals surface area contributed by atoms with Gasteiger partial charge in [0, 0.05) is 14.1 Å². The molecule has 10 nitrogen and oxygen atoms in total. The quantitative estimate of drug-likeness (QED) is 0.205. The number of rotatable bonds is 5. The monoisotopic (exact) mass is 436 g/mol. The Morgan fingerprint density at radius 1 is 1.03 bits per heavy atom. The molecule has 0 radical (unpaired) electrons. The van der Waals surface area contributed by atoms with E-state index in [0.717, 1.165) is 5.56 Å². The first kappa shape index (κ1) is 24.6. The number of likely N-dealkylation sites (N-methyl/N-ethyl adjacent to an activating group) is 1. The van der Waals surface area contributed by atoms with Crippen molar-refractivity contribution in [1.82, 2.24) is 4.90 Å². The molecule has 11 heteroatoms. The molecule has 162 valence electrons. The summed E-state index contributed by atoms with van der Waals surface area (Å²) in [6.45, 7) is 0. The van der Waals surface area contributed by atoms with E-state index in [1.54, 1.807) is 62.6 Å². The Balaban J connectivity index is 0.000000804. The third-order valence-electron chi connectivity index (χ3n) is 3.35. The van der Waals surface area contributed by atoms with Crippen molar-refractivity contribution < 1.29 is 27.3 Å². The van der Waals surface area contributed by atoms with Crippen LogP contribution in [0.3, 0.4) is 0 Å². The van der Waals surface area contributed by atoms with Gasteiger partial charge in [-0.1, -0.05) is 12.1 Å². The third-order valence-corrected chi connectivity index (χ3v) is 3.35. The predicted octanol–water partition coefficient (Wildman–Crippen LogP) is 0.945. The summed E-state index contributed by atoms with van der Waals surface area (Å²) in [5.74, 6) is -0.138. The van der Waals surface area contributed by atoms with Crippen LogP contribution in [0.2, 0.25) is 0 Å². The summed E-state index contributed by atoms with van der Waals surface area (Å²) < 4.78 is 31.2. The molecular weight excluding hydrogens is 412 g/mol. The number of nitrogens with zero attached hydrogens (tertiary/aromatic N) is 2. The maximum atomic E-state index is 12.1. The number of guanidine groups is 1. The van der Waals surface area contributed by atoms with Crippen molar-refractivity contribution in [2.45, 2.75) is 6.42 Å². The van der Waals surface area contributed by atoms with E-state index in [4.69, 9.17) is 20.8 Å². The van der Waals surface area contributed by atoms with E-state index in [1.807, 2.05) is 0 Å². The molecule has 2 aromatic carbocycles. The van der Waals surface area contributed by atoms with Crippen molar-refractivity contribution in [3.63, 3.8) is 0 Å². The SMILES string of the molecule is CN(C)C(=O)Cc1ccc(OC(=O)c2ccc(N=C(N)N)cc2)cc1.CS(=O)(=O)O. The first-order chi connectivity index (χ1) is 13.8. The summed E-state index contributed by atoms with van der Waals surface area (Å²) in [7, 11) is -0.256. The Hall–Kier alpha value is -3.44. The molecule has 0 aromatic heterocycles. The molecule has 0 atom stereocenters. The standard InChI is InChI=1S/C18H20N4O3.CH4O3S/c1-22(2)16(23)11-12-3-9-15(10-4-12)25-17(24)13-5-7-14(8-6-13)21-18(19)20;1-5(2,3)4/h3-10H,11H2,1-2H3,(H4,19,20,21);1H3,(H,2,3,4). The first-order valence-corrected chi connectivity index (χ1v) is 10.3. The van der Waals surface area contributed by atoms with Crippen LogP contribution in [0.1, 0.15) is 15.9 Å². The van der Waals surface area contributed by atoms with Crippen molar-refractivity contribution in [2.75, 3.05) is 20.4 Å². The second-order valence-electron chi connectivity index (χ2n) is 6.31. The normalized spacial score (nSPS) is 10.3. The average Bonchev–Trinajstić information content (AvgIpc) is 2.62. The Labute approximate surface area is 174 Å². The van der Waals surface area contributed by atoms with E-state index in [-0.39, 0.29) is 11.9 Å². The fourth-order valence-electron chi connectivity index (χ4n) is 2.00. The smallest absolute Gasteiger partial charge is 0.343 e. The number of nitrogens with two attached hydrogens (primary N) is 2. The molecule has 0 aliphatic carbocycles. The van der Waals surface area contributed by atoms with Gasteiger partial charge in [-0.25, -0.2) is 9.79 Å². The molecule has 2 rings (SSSR count). The second kappa shape index (κ2) is 10.9. The zero-order valence-electron chi connectivity index (χ0n) is 16.8. The minimum Gasteiger partial charge on any atom is -0.423 e. The lowest BCUT2D eigenvalue weighted by molar-refractivity contribution is -0.127. The van der Waals surface area contributed by atoms with Gasteiger partial charge in [0.05, 0.1) is 23.9 Å². The Kier molecular flexibility index (Phi) is 8.96. The van der Waals surface area contributed by atoms with Crippen molar-refractivity contribution >= 4 is 33.6 Å². The van der Waals surface area contributed by atoms with Crippen molar-refractivity contribution in [3.8, 4) is 5.75 Å².